The molecule has 0 bridgehead atoms. The molecule has 0 atom stereocenters. The summed E-state index contributed by atoms with van der Waals surface area (Å²) in [5, 5.41) is 0. The van der Waals surface area contributed by atoms with E-state index >= 15 is 0 Å². The number of benzene rings is 2. The van der Waals surface area contributed by atoms with Gasteiger partial charge in [-0.05, 0) is 68.0 Å². The minimum absolute atomic E-state index is 0.719. The van der Waals surface area contributed by atoms with Crippen LogP contribution in [0.4, 0.5) is 0 Å². The molecular weight excluding hydrogens is 272 g/mol. The van der Waals surface area contributed by atoms with E-state index in [4.69, 9.17) is 9.72 Å². The van der Waals surface area contributed by atoms with Crippen molar-refractivity contribution >= 4 is 11.0 Å². The van der Waals surface area contributed by atoms with Crippen LogP contribution < -0.4 is 4.74 Å². The summed E-state index contributed by atoms with van der Waals surface area (Å²) in [7, 11) is 0. The highest BCUT2D eigenvalue weighted by molar-refractivity contribution is 5.80. The van der Waals surface area contributed by atoms with Crippen LogP contribution >= 0.6 is 0 Å². The average molecular weight is 292 g/mol. The van der Waals surface area contributed by atoms with E-state index in [1.165, 1.54) is 29.5 Å². The second kappa shape index (κ2) is 5.48. The highest BCUT2D eigenvalue weighted by Crippen LogP contribution is 2.36. The minimum Gasteiger partial charge on any atom is -0.494 e. The smallest absolute Gasteiger partial charge is 0.138 e. The lowest BCUT2D eigenvalue weighted by atomic mass is 9.87. The van der Waals surface area contributed by atoms with Gasteiger partial charge in [0.05, 0.1) is 17.6 Å². The maximum absolute atomic E-state index is 5.82. The molecule has 0 spiro atoms. The van der Waals surface area contributed by atoms with Crippen LogP contribution in [0.2, 0.25) is 0 Å². The molecule has 112 valence electrons. The molecule has 3 aromatic rings. The molecule has 0 aliphatic heterocycles. The largest absolute Gasteiger partial charge is 0.494 e. The molecule has 3 heteroatoms. The maximum Gasteiger partial charge on any atom is 0.138 e. The van der Waals surface area contributed by atoms with Crippen LogP contribution in [0.15, 0.2) is 36.4 Å². The fourth-order valence-corrected chi connectivity index (χ4v) is 3.43. The first kappa shape index (κ1) is 13.4. The average Bonchev–Trinajstić information content (AvgIpc) is 2.99. The molecule has 1 heterocycles. The van der Waals surface area contributed by atoms with Gasteiger partial charge in [0.1, 0.15) is 11.6 Å². The van der Waals surface area contributed by atoms with E-state index in [-0.39, 0.29) is 0 Å². The van der Waals surface area contributed by atoms with Crippen molar-refractivity contribution in [3.8, 4) is 17.1 Å². The Bertz CT molecular complexity index is 786. The Morgan fingerprint density at radius 1 is 1.05 bits per heavy atom. The number of hydrogen-bond donors (Lipinski definition) is 1. The number of aromatic amines is 1. The number of fused-ring (bicyclic) bond motifs is 2. The van der Waals surface area contributed by atoms with Gasteiger partial charge in [-0.3, -0.25) is 0 Å². The Kier molecular flexibility index (Phi) is 3.34. The van der Waals surface area contributed by atoms with Gasteiger partial charge >= 0.3 is 0 Å². The van der Waals surface area contributed by atoms with Gasteiger partial charge in [-0.25, -0.2) is 4.98 Å². The molecule has 1 aliphatic carbocycles. The summed E-state index contributed by atoms with van der Waals surface area (Å²) in [6.07, 6.45) is 4.72. The summed E-state index contributed by atoms with van der Waals surface area (Å²) < 4.78 is 5.82. The van der Waals surface area contributed by atoms with Gasteiger partial charge in [0.2, 0.25) is 0 Å². The molecule has 4 rings (SSSR count). The van der Waals surface area contributed by atoms with E-state index in [1.54, 1.807) is 0 Å². The SMILES string of the molecule is CCOc1ccc(-c2nc3ccccc3[nH]2)c2c1CCCC2. The van der Waals surface area contributed by atoms with Crippen molar-refractivity contribution in [3.05, 3.63) is 47.5 Å². The fourth-order valence-electron chi connectivity index (χ4n) is 3.43. The zero-order valence-corrected chi connectivity index (χ0v) is 12.9. The first-order chi connectivity index (χ1) is 10.9. The quantitative estimate of drug-likeness (QED) is 0.771. The Morgan fingerprint density at radius 3 is 2.68 bits per heavy atom. The summed E-state index contributed by atoms with van der Waals surface area (Å²) >= 11 is 0. The standard InChI is InChI=1S/C19H20N2O/c1-2-22-18-12-11-15(13-7-3-4-8-14(13)18)19-20-16-9-5-6-10-17(16)21-19/h5-6,9-12H,2-4,7-8H2,1H3,(H,20,21). The lowest BCUT2D eigenvalue weighted by molar-refractivity contribution is 0.334. The molecule has 22 heavy (non-hydrogen) atoms. The van der Waals surface area contributed by atoms with Gasteiger partial charge < -0.3 is 9.72 Å². The minimum atomic E-state index is 0.719. The van der Waals surface area contributed by atoms with E-state index in [9.17, 15) is 0 Å². The van der Waals surface area contributed by atoms with Gasteiger partial charge in [0.15, 0.2) is 0 Å². The van der Waals surface area contributed by atoms with E-state index in [0.29, 0.717) is 0 Å². The van der Waals surface area contributed by atoms with Crippen LogP contribution in [0.5, 0.6) is 5.75 Å². The first-order valence-corrected chi connectivity index (χ1v) is 8.09. The summed E-state index contributed by atoms with van der Waals surface area (Å²) in [6, 6.07) is 12.5. The van der Waals surface area contributed by atoms with Crippen LogP contribution in [0, 0.1) is 0 Å². The summed E-state index contributed by atoms with van der Waals surface area (Å²) in [4.78, 5) is 8.23. The van der Waals surface area contributed by atoms with E-state index in [2.05, 4.69) is 29.2 Å². The second-order valence-electron chi connectivity index (χ2n) is 5.81. The highest BCUT2D eigenvalue weighted by Gasteiger charge is 2.20. The lowest BCUT2D eigenvalue weighted by Crippen LogP contribution is -2.08. The van der Waals surface area contributed by atoms with Crippen molar-refractivity contribution < 1.29 is 4.74 Å². The van der Waals surface area contributed by atoms with Gasteiger partial charge in [-0.1, -0.05) is 12.1 Å². The molecular formula is C19H20N2O. The summed E-state index contributed by atoms with van der Waals surface area (Å²) in [5.41, 5.74) is 6.14. The molecule has 1 aromatic heterocycles. The Labute approximate surface area is 130 Å². The second-order valence-corrected chi connectivity index (χ2v) is 5.81. The van der Waals surface area contributed by atoms with Crippen LogP contribution in [0.25, 0.3) is 22.4 Å². The Balaban J connectivity index is 1.87. The monoisotopic (exact) mass is 292 g/mol. The molecule has 2 aromatic carbocycles. The molecule has 1 aliphatic rings. The number of aromatic nitrogens is 2. The molecule has 3 nitrogen and oxygen atoms in total. The number of nitrogens with one attached hydrogen (secondary N) is 1. The predicted molar refractivity (Wildman–Crippen MR) is 89.3 cm³/mol. The number of nitrogens with zero attached hydrogens (tertiary/aromatic N) is 1. The van der Waals surface area contributed by atoms with Gasteiger partial charge in [-0.2, -0.15) is 0 Å². The third-order valence-electron chi connectivity index (χ3n) is 4.44. The fraction of sp³-hybridized carbons (Fsp3) is 0.316. The molecule has 0 radical (unpaired) electrons. The Morgan fingerprint density at radius 2 is 1.86 bits per heavy atom. The zero-order valence-electron chi connectivity index (χ0n) is 12.9. The third-order valence-corrected chi connectivity index (χ3v) is 4.44. The van der Waals surface area contributed by atoms with Crippen LogP contribution in [-0.4, -0.2) is 16.6 Å². The van der Waals surface area contributed by atoms with Gasteiger partial charge in [-0.15, -0.1) is 0 Å². The number of H-pyrrole nitrogens is 1. The van der Waals surface area contributed by atoms with Gasteiger partial charge in [0.25, 0.3) is 0 Å². The van der Waals surface area contributed by atoms with Crippen molar-refractivity contribution in [1.29, 1.82) is 0 Å². The maximum atomic E-state index is 5.82. The Hall–Kier alpha value is -2.29. The summed E-state index contributed by atoms with van der Waals surface area (Å²) in [5.74, 6) is 2.03. The molecule has 0 saturated heterocycles. The first-order valence-electron chi connectivity index (χ1n) is 8.09. The zero-order chi connectivity index (χ0) is 14.9. The molecule has 0 unspecified atom stereocenters. The van der Waals surface area contributed by atoms with Crippen molar-refractivity contribution in [1.82, 2.24) is 9.97 Å². The number of hydrogen-bond acceptors (Lipinski definition) is 2. The molecule has 0 saturated carbocycles. The number of para-hydroxylation sites is 2. The number of imidazole rings is 1. The predicted octanol–water partition coefficient (Wildman–Crippen LogP) is 4.51. The molecule has 1 N–H and O–H groups in total. The highest BCUT2D eigenvalue weighted by atomic mass is 16.5. The normalized spacial score (nSPS) is 14.0. The van der Waals surface area contributed by atoms with Crippen molar-refractivity contribution in [3.63, 3.8) is 0 Å². The van der Waals surface area contributed by atoms with E-state index in [1.807, 2.05) is 19.1 Å². The summed E-state index contributed by atoms with van der Waals surface area (Å²) in [6.45, 7) is 2.76. The van der Waals surface area contributed by atoms with Crippen LogP contribution in [0.3, 0.4) is 0 Å². The number of rotatable bonds is 3. The molecule has 0 amide bonds. The van der Waals surface area contributed by atoms with Crippen molar-refractivity contribution in [2.24, 2.45) is 0 Å². The lowest BCUT2D eigenvalue weighted by Gasteiger charge is -2.21. The van der Waals surface area contributed by atoms with E-state index in [0.717, 1.165) is 42.1 Å². The van der Waals surface area contributed by atoms with E-state index < -0.39 is 0 Å². The van der Waals surface area contributed by atoms with Gasteiger partial charge in [0, 0.05) is 5.56 Å². The van der Waals surface area contributed by atoms with Crippen LogP contribution in [-0.2, 0) is 12.8 Å². The van der Waals surface area contributed by atoms with Crippen molar-refractivity contribution in [2.45, 2.75) is 32.6 Å². The number of ether oxygens (including phenoxy) is 1. The third kappa shape index (κ3) is 2.17. The van der Waals surface area contributed by atoms with Crippen molar-refractivity contribution in [2.75, 3.05) is 6.61 Å². The molecule has 0 fully saturated rings. The topological polar surface area (TPSA) is 37.9 Å². The van der Waals surface area contributed by atoms with Crippen LogP contribution in [0.1, 0.15) is 30.9 Å².